The van der Waals surface area contributed by atoms with Crippen molar-refractivity contribution in [3.8, 4) is 22.8 Å². The summed E-state index contributed by atoms with van der Waals surface area (Å²) in [5.41, 5.74) is 3.76. The van der Waals surface area contributed by atoms with Gasteiger partial charge in [0, 0.05) is 24.0 Å². The average Bonchev–Trinajstić information content (AvgIpc) is 2.89. The van der Waals surface area contributed by atoms with E-state index in [-0.39, 0.29) is 0 Å². The van der Waals surface area contributed by atoms with Crippen molar-refractivity contribution in [1.82, 2.24) is 4.57 Å². The van der Waals surface area contributed by atoms with E-state index in [1.165, 1.54) is 16.8 Å². The van der Waals surface area contributed by atoms with Gasteiger partial charge in [-0.2, -0.15) is 0 Å². The number of benzene rings is 1. The molecule has 3 rings (SSSR count). The smallest absolute Gasteiger partial charge is 0.185 e. The van der Waals surface area contributed by atoms with E-state index in [2.05, 4.69) is 34.0 Å². The molecule has 1 aromatic carbocycles. The first-order chi connectivity index (χ1) is 9.78. The summed E-state index contributed by atoms with van der Waals surface area (Å²) in [7, 11) is 3.35. The third-order valence-electron chi connectivity index (χ3n) is 3.58. The first kappa shape index (κ1) is 13.2. The third kappa shape index (κ3) is 2.02. The zero-order valence-corrected chi connectivity index (χ0v) is 12.8. The van der Waals surface area contributed by atoms with Gasteiger partial charge in [-0.25, -0.2) is 0 Å². The summed E-state index contributed by atoms with van der Waals surface area (Å²) < 4.78 is 13.1. The average molecular weight is 290 g/mol. The van der Waals surface area contributed by atoms with E-state index in [9.17, 15) is 0 Å². The third-order valence-corrected chi connectivity index (χ3v) is 4.48. The van der Waals surface area contributed by atoms with Gasteiger partial charge in [0.2, 0.25) is 0 Å². The number of ether oxygens (including phenoxy) is 2. The maximum atomic E-state index is 5.42. The number of hydrogen-bond donors (Lipinski definition) is 0. The normalized spacial score (nSPS) is 13.8. The Balaban J connectivity index is 2.19. The summed E-state index contributed by atoms with van der Waals surface area (Å²) >= 11 is 1.70. The fourth-order valence-electron chi connectivity index (χ4n) is 2.62. The molecule has 0 fully saturated rings. The van der Waals surface area contributed by atoms with Gasteiger partial charge >= 0.3 is 0 Å². The highest BCUT2D eigenvalue weighted by Gasteiger charge is 2.20. The van der Waals surface area contributed by atoms with E-state index in [0.717, 1.165) is 35.8 Å². The molecular weight excluding hydrogens is 272 g/mol. The molecule has 0 amide bonds. The van der Waals surface area contributed by atoms with Crippen LogP contribution in [-0.4, -0.2) is 25.3 Å². The highest BCUT2D eigenvalue weighted by atomic mass is 32.1. The Hall–Kier alpha value is -1.75. The number of aromatic nitrogens is 1. The van der Waals surface area contributed by atoms with Crippen LogP contribution in [0.25, 0.3) is 11.3 Å². The lowest BCUT2D eigenvalue weighted by Crippen LogP contribution is -2.21. The van der Waals surface area contributed by atoms with Gasteiger partial charge in [0.05, 0.1) is 19.9 Å². The van der Waals surface area contributed by atoms with Crippen LogP contribution in [0.5, 0.6) is 11.5 Å². The fourth-order valence-corrected chi connectivity index (χ4v) is 3.61. The second kappa shape index (κ2) is 5.32. The predicted octanol–water partition coefficient (Wildman–Crippen LogP) is 2.71. The molecular formula is C15H18N2O2S. The number of fused-ring (bicyclic) bond motifs is 3. The molecule has 0 N–H and O–H groups in total. The molecule has 1 aliphatic heterocycles. The predicted molar refractivity (Wildman–Crippen MR) is 80.7 cm³/mol. The molecule has 2 aromatic rings. The molecule has 1 aliphatic rings. The Morgan fingerprint density at radius 1 is 1.25 bits per heavy atom. The Bertz CT molecular complexity index is 700. The van der Waals surface area contributed by atoms with Gasteiger partial charge in [0.1, 0.15) is 0 Å². The van der Waals surface area contributed by atoms with Crippen LogP contribution in [0, 0.1) is 0 Å². The second-order valence-electron chi connectivity index (χ2n) is 4.64. The lowest BCUT2D eigenvalue weighted by Gasteiger charge is -2.21. The minimum atomic E-state index is 0.778. The fraction of sp³-hybridized carbons (Fsp3) is 0.400. The summed E-state index contributed by atoms with van der Waals surface area (Å²) in [6, 6.07) is 4.16. The van der Waals surface area contributed by atoms with Gasteiger partial charge < -0.3 is 14.0 Å². The summed E-state index contributed by atoms with van der Waals surface area (Å²) in [6.07, 6.45) is 0.996. The molecule has 0 unspecified atom stereocenters. The van der Waals surface area contributed by atoms with Crippen LogP contribution in [0.15, 0.2) is 22.5 Å². The topological polar surface area (TPSA) is 35.8 Å². The van der Waals surface area contributed by atoms with Crippen LogP contribution in [0.4, 0.5) is 0 Å². The first-order valence-electron chi connectivity index (χ1n) is 6.72. The minimum Gasteiger partial charge on any atom is -0.493 e. The van der Waals surface area contributed by atoms with E-state index in [4.69, 9.17) is 9.47 Å². The SMILES string of the molecule is CCN=c1scc2n1CCc1cc(OC)c(OC)cc1-2. The minimum absolute atomic E-state index is 0.778. The monoisotopic (exact) mass is 290 g/mol. The number of rotatable bonds is 3. The van der Waals surface area contributed by atoms with Gasteiger partial charge in [0.25, 0.3) is 0 Å². The number of aryl methyl sites for hydroxylation is 1. The van der Waals surface area contributed by atoms with Gasteiger partial charge in [-0.15, -0.1) is 11.3 Å². The molecule has 0 saturated carbocycles. The quantitative estimate of drug-likeness (QED) is 0.871. The lowest BCUT2D eigenvalue weighted by atomic mass is 9.98. The highest BCUT2D eigenvalue weighted by molar-refractivity contribution is 7.07. The van der Waals surface area contributed by atoms with E-state index in [1.807, 2.05) is 0 Å². The molecule has 1 aromatic heterocycles. The Morgan fingerprint density at radius 3 is 2.70 bits per heavy atom. The highest BCUT2D eigenvalue weighted by Crippen LogP contribution is 2.38. The van der Waals surface area contributed by atoms with Gasteiger partial charge in [-0.3, -0.25) is 4.99 Å². The molecule has 5 heteroatoms. The largest absolute Gasteiger partial charge is 0.493 e. The van der Waals surface area contributed by atoms with Crippen molar-refractivity contribution in [2.45, 2.75) is 19.9 Å². The zero-order valence-electron chi connectivity index (χ0n) is 12.0. The van der Waals surface area contributed by atoms with Crippen LogP contribution >= 0.6 is 11.3 Å². The van der Waals surface area contributed by atoms with Gasteiger partial charge in [0.15, 0.2) is 16.3 Å². The van der Waals surface area contributed by atoms with Crippen LogP contribution in [0.3, 0.4) is 0 Å². The van der Waals surface area contributed by atoms with Crippen LogP contribution < -0.4 is 14.3 Å². The lowest BCUT2D eigenvalue weighted by molar-refractivity contribution is 0.354. The van der Waals surface area contributed by atoms with Crippen molar-refractivity contribution in [1.29, 1.82) is 0 Å². The molecule has 0 radical (unpaired) electrons. The zero-order chi connectivity index (χ0) is 14.1. The number of thiazole rings is 1. The van der Waals surface area contributed by atoms with Crippen molar-refractivity contribution >= 4 is 11.3 Å². The van der Waals surface area contributed by atoms with E-state index in [0.29, 0.717) is 0 Å². The molecule has 0 saturated heterocycles. The number of nitrogens with zero attached hydrogens (tertiary/aromatic N) is 2. The summed E-state index contributed by atoms with van der Waals surface area (Å²) in [4.78, 5) is 5.65. The molecule has 0 atom stereocenters. The van der Waals surface area contributed by atoms with Crippen molar-refractivity contribution in [2.75, 3.05) is 20.8 Å². The summed E-state index contributed by atoms with van der Waals surface area (Å²) in [6.45, 7) is 3.86. The van der Waals surface area contributed by atoms with E-state index >= 15 is 0 Å². The molecule has 20 heavy (non-hydrogen) atoms. The standard InChI is InChI=1S/C15H18N2O2S/c1-4-16-15-17-6-5-10-7-13(18-2)14(19-3)8-11(10)12(17)9-20-15/h7-9H,4-6H2,1-3H3. The Morgan fingerprint density at radius 2 is 2.00 bits per heavy atom. The second-order valence-corrected chi connectivity index (χ2v) is 5.48. The van der Waals surface area contributed by atoms with E-state index in [1.54, 1.807) is 25.6 Å². The maximum absolute atomic E-state index is 5.42. The molecule has 0 spiro atoms. The van der Waals surface area contributed by atoms with Crippen LogP contribution in [0.1, 0.15) is 12.5 Å². The summed E-state index contributed by atoms with van der Waals surface area (Å²) in [5, 5.41) is 2.18. The van der Waals surface area contributed by atoms with Gasteiger partial charge in [-0.05, 0) is 31.0 Å². The van der Waals surface area contributed by atoms with Crippen LogP contribution in [0.2, 0.25) is 0 Å². The number of hydrogen-bond acceptors (Lipinski definition) is 4. The Kier molecular flexibility index (Phi) is 3.53. The molecule has 2 heterocycles. The Labute approximate surface area is 122 Å². The molecule has 106 valence electrons. The first-order valence-corrected chi connectivity index (χ1v) is 7.60. The van der Waals surface area contributed by atoms with Crippen molar-refractivity contribution in [3.05, 3.63) is 27.9 Å². The molecule has 4 nitrogen and oxygen atoms in total. The maximum Gasteiger partial charge on any atom is 0.185 e. The van der Waals surface area contributed by atoms with Crippen molar-refractivity contribution in [3.63, 3.8) is 0 Å². The van der Waals surface area contributed by atoms with Crippen molar-refractivity contribution in [2.24, 2.45) is 4.99 Å². The molecule has 0 bridgehead atoms. The number of methoxy groups -OCH3 is 2. The van der Waals surface area contributed by atoms with E-state index < -0.39 is 0 Å². The molecule has 0 aliphatic carbocycles. The van der Waals surface area contributed by atoms with Gasteiger partial charge in [-0.1, -0.05) is 0 Å². The summed E-state index contributed by atoms with van der Waals surface area (Å²) in [5.74, 6) is 1.58. The van der Waals surface area contributed by atoms with Crippen LogP contribution in [-0.2, 0) is 13.0 Å². The van der Waals surface area contributed by atoms with Crippen molar-refractivity contribution < 1.29 is 9.47 Å².